The molecule has 0 radical (unpaired) electrons. The molecule has 1 aromatic rings. The van der Waals surface area contributed by atoms with Crippen molar-refractivity contribution >= 4 is 11.8 Å². The summed E-state index contributed by atoms with van der Waals surface area (Å²) in [7, 11) is 2.00. The van der Waals surface area contributed by atoms with E-state index in [2.05, 4.69) is 28.0 Å². The molecular formula is C10H19N3S. The van der Waals surface area contributed by atoms with Crippen molar-refractivity contribution in [2.24, 2.45) is 0 Å². The fraction of sp³-hybridized carbons (Fsp3) is 0.700. The Morgan fingerprint density at radius 2 is 2.43 bits per heavy atom. The molecule has 80 valence electrons. The molecule has 4 heteroatoms. The first-order valence-electron chi connectivity index (χ1n) is 5.00. The minimum Gasteiger partial charge on any atom is -0.334 e. The Kier molecular flexibility index (Phi) is 5.04. The van der Waals surface area contributed by atoms with Crippen molar-refractivity contribution in [2.45, 2.75) is 25.9 Å². The van der Waals surface area contributed by atoms with Gasteiger partial charge < -0.3 is 9.88 Å². The molecule has 0 saturated carbocycles. The fourth-order valence-corrected chi connectivity index (χ4v) is 2.01. The predicted molar refractivity (Wildman–Crippen MR) is 62.7 cm³/mol. The molecule has 0 aliphatic carbocycles. The van der Waals surface area contributed by atoms with Gasteiger partial charge >= 0.3 is 0 Å². The van der Waals surface area contributed by atoms with E-state index in [0.29, 0.717) is 6.04 Å². The Morgan fingerprint density at radius 1 is 1.64 bits per heavy atom. The highest BCUT2D eigenvalue weighted by molar-refractivity contribution is 7.98. The van der Waals surface area contributed by atoms with Crippen LogP contribution in [-0.2, 0) is 6.54 Å². The molecule has 1 rings (SSSR count). The van der Waals surface area contributed by atoms with Crippen LogP contribution in [0.4, 0.5) is 0 Å². The summed E-state index contributed by atoms with van der Waals surface area (Å²) in [5.74, 6) is 2.33. The third-order valence-electron chi connectivity index (χ3n) is 2.36. The van der Waals surface area contributed by atoms with Gasteiger partial charge in [-0.1, -0.05) is 0 Å². The molecule has 0 aromatic carbocycles. The highest BCUT2D eigenvalue weighted by atomic mass is 32.2. The highest BCUT2D eigenvalue weighted by Gasteiger charge is 2.13. The Balaban J connectivity index is 2.67. The SMILES string of the molecule is CCn1ccnc1C(CCSC)NC. The van der Waals surface area contributed by atoms with Crippen LogP contribution in [0.5, 0.6) is 0 Å². The molecule has 1 atom stereocenters. The van der Waals surface area contributed by atoms with Crippen molar-refractivity contribution in [1.82, 2.24) is 14.9 Å². The normalized spacial score (nSPS) is 13.1. The van der Waals surface area contributed by atoms with E-state index in [4.69, 9.17) is 0 Å². The highest BCUT2D eigenvalue weighted by Crippen LogP contribution is 2.16. The molecule has 1 N–H and O–H groups in total. The van der Waals surface area contributed by atoms with Crippen LogP contribution in [0.15, 0.2) is 12.4 Å². The van der Waals surface area contributed by atoms with Gasteiger partial charge in [0.25, 0.3) is 0 Å². The molecule has 1 heterocycles. The number of rotatable bonds is 6. The van der Waals surface area contributed by atoms with Gasteiger partial charge in [0, 0.05) is 18.9 Å². The van der Waals surface area contributed by atoms with E-state index in [0.717, 1.165) is 18.8 Å². The van der Waals surface area contributed by atoms with Crippen LogP contribution in [0.3, 0.4) is 0 Å². The zero-order valence-corrected chi connectivity index (χ0v) is 9.97. The van der Waals surface area contributed by atoms with Gasteiger partial charge in [-0.05, 0) is 32.4 Å². The van der Waals surface area contributed by atoms with Crippen LogP contribution in [0.2, 0.25) is 0 Å². The van der Waals surface area contributed by atoms with E-state index in [1.165, 1.54) is 5.75 Å². The van der Waals surface area contributed by atoms with E-state index in [1.807, 2.05) is 31.2 Å². The second-order valence-electron chi connectivity index (χ2n) is 3.19. The van der Waals surface area contributed by atoms with Crippen molar-refractivity contribution in [3.63, 3.8) is 0 Å². The van der Waals surface area contributed by atoms with Gasteiger partial charge in [-0.2, -0.15) is 11.8 Å². The van der Waals surface area contributed by atoms with Crippen molar-refractivity contribution < 1.29 is 0 Å². The average Bonchev–Trinajstić information content (AvgIpc) is 2.67. The number of hydrogen-bond acceptors (Lipinski definition) is 3. The van der Waals surface area contributed by atoms with E-state index >= 15 is 0 Å². The van der Waals surface area contributed by atoms with Crippen molar-refractivity contribution in [2.75, 3.05) is 19.1 Å². The summed E-state index contributed by atoms with van der Waals surface area (Å²) in [6.45, 7) is 3.14. The Morgan fingerprint density at radius 3 is 3.00 bits per heavy atom. The lowest BCUT2D eigenvalue weighted by atomic mass is 10.2. The maximum Gasteiger partial charge on any atom is 0.125 e. The van der Waals surface area contributed by atoms with Gasteiger partial charge in [-0.25, -0.2) is 4.98 Å². The first kappa shape index (κ1) is 11.6. The van der Waals surface area contributed by atoms with Crippen LogP contribution in [0.25, 0.3) is 0 Å². The van der Waals surface area contributed by atoms with E-state index in [-0.39, 0.29) is 0 Å². The smallest absolute Gasteiger partial charge is 0.125 e. The fourth-order valence-electron chi connectivity index (χ4n) is 1.54. The third kappa shape index (κ3) is 2.75. The molecule has 0 fully saturated rings. The Bertz CT molecular complexity index is 260. The van der Waals surface area contributed by atoms with Crippen LogP contribution >= 0.6 is 11.8 Å². The van der Waals surface area contributed by atoms with E-state index in [9.17, 15) is 0 Å². The third-order valence-corrected chi connectivity index (χ3v) is 3.00. The molecule has 3 nitrogen and oxygen atoms in total. The predicted octanol–water partition coefficient (Wildman–Crippen LogP) is 1.92. The summed E-state index contributed by atoms with van der Waals surface area (Å²) in [5.41, 5.74) is 0. The number of aromatic nitrogens is 2. The van der Waals surface area contributed by atoms with Crippen LogP contribution in [0, 0.1) is 0 Å². The summed E-state index contributed by atoms with van der Waals surface area (Å²) >= 11 is 1.88. The van der Waals surface area contributed by atoms with Crippen molar-refractivity contribution in [3.8, 4) is 0 Å². The largest absolute Gasteiger partial charge is 0.334 e. The van der Waals surface area contributed by atoms with E-state index < -0.39 is 0 Å². The molecule has 0 aliphatic rings. The topological polar surface area (TPSA) is 29.9 Å². The lowest BCUT2D eigenvalue weighted by molar-refractivity contribution is 0.516. The minimum atomic E-state index is 0.386. The quantitative estimate of drug-likeness (QED) is 0.783. The first-order chi connectivity index (χ1) is 6.83. The molecule has 1 unspecified atom stereocenters. The first-order valence-corrected chi connectivity index (χ1v) is 6.40. The van der Waals surface area contributed by atoms with E-state index in [1.54, 1.807) is 0 Å². The molecule has 0 aliphatic heterocycles. The minimum absolute atomic E-state index is 0.386. The van der Waals surface area contributed by atoms with Gasteiger partial charge in [0.1, 0.15) is 5.82 Å². The monoisotopic (exact) mass is 213 g/mol. The summed E-state index contributed by atoms with van der Waals surface area (Å²) < 4.78 is 2.20. The molecule has 1 aromatic heterocycles. The number of nitrogens with zero attached hydrogens (tertiary/aromatic N) is 2. The number of imidazole rings is 1. The summed E-state index contributed by atoms with van der Waals surface area (Å²) in [6.07, 6.45) is 7.19. The zero-order chi connectivity index (χ0) is 10.4. The summed E-state index contributed by atoms with van der Waals surface area (Å²) in [5, 5.41) is 3.32. The lowest BCUT2D eigenvalue weighted by Crippen LogP contribution is -2.21. The second kappa shape index (κ2) is 6.09. The zero-order valence-electron chi connectivity index (χ0n) is 9.16. The van der Waals surface area contributed by atoms with Crippen LogP contribution in [0.1, 0.15) is 25.2 Å². The lowest BCUT2D eigenvalue weighted by Gasteiger charge is -2.16. The van der Waals surface area contributed by atoms with Gasteiger partial charge in [-0.15, -0.1) is 0 Å². The molecule has 0 saturated heterocycles. The number of hydrogen-bond donors (Lipinski definition) is 1. The molecule has 0 amide bonds. The van der Waals surface area contributed by atoms with Gasteiger partial charge in [0.15, 0.2) is 0 Å². The van der Waals surface area contributed by atoms with Crippen molar-refractivity contribution in [3.05, 3.63) is 18.2 Å². The van der Waals surface area contributed by atoms with Crippen LogP contribution in [-0.4, -0.2) is 28.6 Å². The molecule has 0 bridgehead atoms. The second-order valence-corrected chi connectivity index (χ2v) is 4.18. The standard InChI is InChI=1S/C10H19N3S/c1-4-13-7-6-12-10(13)9(11-2)5-8-14-3/h6-7,9,11H,4-5,8H2,1-3H3. The van der Waals surface area contributed by atoms with Crippen LogP contribution < -0.4 is 5.32 Å². The Hall–Kier alpha value is -0.480. The summed E-state index contributed by atoms with van der Waals surface area (Å²) in [4.78, 5) is 4.40. The number of aryl methyl sites for hydroxylation is 1. The van der Waals surface area contributed by atoms with Gasteiger partial charge in [-0.3, -0.25) is 0 Å². The number of thioether (sulfide) groups is 1. The average molecular weight is 213 g/mol. The van der Waals surface area contributed by atoms with Crippen molar-refractivity contribution in [1.29, 1.82) is 0 Å². The molecular weight excluding hydrogens is 194 g/mol. The van der Waals surface area contributed by atoms with Gasteiger partial charge in [0.05, 0.1) is 6.04 Å². The van der Waals surface area contributed by atoms with Gasteiger partial charge in [0.2, 0.25) is 0 Å². The maximum atomic E-state index is 4.40. The molecule has 0 spiro atoms. The molecule has 14 heavy (non-hydrogen) atoms. The number of nitrogens with one attached hydrogen (secondary N) is 1. The maximum absolute atomic E-state index is 4.40. The summed E-state index contributed by atoms with van der Waals surface area (Å²) in [6, 6.07) is 0.386. The Labute approximate surface area is 90.3 Å².